The number of nitrogens with zero attached hydrogens (tertiary/aromatic N) is 6. The van der Waals surface area contributed by atoms with Crippen molar-refractivity contribution in [2.45, 2.75) is 52.9 Å². The Morgan fingerprint density at radius 1 is 0.700 bits per heavy atom. The molecular weight excluding hydrogens is 683 g/mol. The van der Waals surface area contributed by atoms with Crippen LogP contribution in [-0.4, -0.2) is 63.4 Å². The van der Waals surface area contributed by atoms with Crippen molar-refractivity contribution < 1.29 is 25.6 Å². The molecule has 0 aliphatic carbocycles. The van der Waals surface area contributed by atoms with Gasteiger partial charge in [-0.2, -0.15) is 0 Å². The zero-order valence-corrected chi connectivity index (χ0v) is 31.4. The third-order valence-corrected chi connectivity index (χ3v) is 9.88. The van der Waals surface area contributed by atoms with Crippen molar-refractivity contribution in [2.24, 2.45) is 0 Å². The van der Waals surface area contributed by atoms with Crippen LogP contribution in [0.25, 0.3) is 28.6 Å². The summed E-state index contributed by atoms with van der Waals surface area (Å²) in [5, 5.41) is 0. The zero-order chi connectivity index (χ0) is 37.6. The molecule has 4 rings (SSSR count). The second-order valence-electron chi connectivity index (χ2n) is 12.2. The number of rotatable bonds is 11. The summed E-state index contributed by atoms with van der Waals surface area (Å²) in [5.74, 6) is -0.385. The molecule has 0 saturated heterocycles. The molecule has 0 atom stereocenters. The lowest BCUT2D eigenvalue weighted by molar-refractivity contribution is 0.597. The van der Waals surface area contributed by atoms with Crippen molar-refractivity contribution in [1.29, 1.82) is 0 Å². The fraction of sp³-hybridized carbons (Fsp3) is 0.333. The Bertz CT molecular complexity index is 2070. The molecule has 0 saturated carbocycles. The highest BCUT2D eigenvalue weighted by Gasteiger charge is 2.23. The van der Waals surface area contributed by atoms with E-state index in [9.17, 15) is 25.6 Å². The Balaban J connectivity index is 0.000000270. The van der Waals surface area contributed by atoms with E-state index in [4.69, 9.17) is 0 Å². The van der Waals surface area contributed by atoms with E-state index in [2.05, 4.69) is 26.5 Å². The van der Waals surface area contributed by atoms with Crippen molar-refractivity contribution in [3.05, 3.63) is 101 Å². The Kier molecular flexibility index (Phi) is 13.1. The van der Waals surface area contributed by atoms with E-state index < -0.39 is 20.0 Å². The SMILES string of the molecule is C=CCc1c(-c2ccc(F)cc2)nc(N(C)S(C)(=O)=O)nc1C(C)C.CC=Cc1c(-c2ccc(F)cc2)nc(N(C)S(C)(=O)=O)nc1C(C)C. The largest absolute Gasteiger partial charge is 0.241 e. The second kappa shape index (κ2) is 16.4. The summed E-state index contributed by atoms with van der Waals surface area (Å²) < 4.78 is 76.3. The normalized spacial score (nSPS) is 11.9. The summed E-state index contributed by atoms with van der Waals surface area (Å²) in [6, 6.07) is 11.9. The van der Waals surface area contributed by atoms with Gasteiger partial charge in [0.05, 0.1) is 35.3 Å². The predicted octanol–water partition coefficient (Wildman–Crippen LogP) is 7.37. The van der Waals surface area contributed by atoms with Crippen molar-refractivity contribution >= 4 is 38.0 Å². The zero-order valence-electron chi connectivity index (χ0n) is 29.8. The third kappa shape index (κ3) is 9.78. The monoisotopic (exact) mass is 726 g/mol. The molecular formula is C36H44F2N6O4S2. The van der Waals surface area contributed by atoms with Gasteiger partial charge in [0, 0.05) is 36.3 Å². The van der Waals surface area contributed by atoms with Crippen LogP contribution in [0, 0.1) is 11.6 Å². The first kappa shape index (κ1) is 39.9. The number of hydrogen-bond donors (Lipinski definition) is 0. The van der Waals surface area contributed by atoms with Crippen molar-refractivity contribution in [2.75, 3.05) is 35.2 Å². The number of benzene rings is 2. The number of halogens is 2. The van der Waals surface area contributed by atoms with Crippen molar-refractivity contribution in [3.63, 3.8) is 0 Å². The van der Waals surface area contributed by atoms with Gasteiger partial charge in [-0.15, -0.1) is 6.58 Å². The highest BCUT2D eigenvalue weighted by Crippen LogP contribution is 2.32. The fourth-order valence-electron chi connectivity index (χ4n) is 4.81. The molecule has 50 heavy (non-hydrogen) atoms. The average Bonchev–Trinajstić information content (AvgIpc) is 3.04. The minimum absolute atomic E-state index is 0.0557. The quantitative estimate of drug-likeness (QED) is 0.147. The topological polar surface area (TPSA) is 126 Å². The molecule has 14 heteroatoms. The first-order chi connectivity index (χ1) is 23.3. The molecule has 0 radical (unpaired) electrons. The van der Waals surface area contributed by atoms with Crippen LogP contribution >= 0.6 is 0 Å². The Labute approximate surface area is 294 Å². The van der Waals surface area contributed by atoms with Crippen molar-refractivity contribution in [1.82, 2.24) is 19.9 Å². The standard InChI is InChI=1S/2C18H22FN3O2S/c2*1-6-7-15-16(12(2)3)20-18(22(4)25(5,23)24)21-17(15)13-8-10-14(19)11-9-13/h6-12H,1-5H3;6,8-12H,1,7H2,2-5H3. The number of sulfonamides is 2. The second-order valence-corrected chi connectivity index (χ2v) is 16.2. The third-order valence-electron chi connectivity index (χ3n) is 7.56. The van der Waals surface area contributed by atoms with Crippen LogP contribution in [-0.2, 0) is 26.5 Å². The Morgan fingerprint density at radius 3 is 1.48 bits per heavy atom. The molecule has 4 aromatic rings. The first-order valence-electron chi connectivity index (χ1n) is 15.8. The van der Waals surface area contributed by atoms with Crippen LogP contribution in [0.2, 0.25) is 0 Å². The fourth-order valence-corrected chi connectivity index (χ4v) is 5.57. The Morgan fingerprint density at radius 2 is 1.10 bits per heavy atom. The lowest BCUT2D eigenvalue weighted by atomic mass is 9.96. The summed E-state index contributed by atoms with van der Waals surface area (Å²) in [7, 11) is -4.17. The van der Waals surface area contributed by atoms with Gasteiger partial charge in [0.25, 0.3) is 0 Å². The minimum Gasteiger partial charge on any atom is -0.241 e. The maximum atomic E-state index is 13.3. The highest BCUT2D eigenvalue weighted by atomic mass is 32.2. The molecule has 0 bridgehead atoms. The van der Waals surface area contributed by atoms with E-state index in [-0.39, 0.29) is 35.4 Å². The summed E-state index contributed by atoms with van der Waals surface area (Å²) in [6.45, 7) is 13.6. The van der Waals surface area contributed by atoms with Gasteiger partial charge in [-0.25, -0.2) is 54.2 Å². The van der Waals surface area contributed by atoms with Crippen LogP contribution in [0.1, 0.15) is 69.0 Å². The molecule has 0 unspecified atom stereocenters. The summed E-state index contributed by atoms with van der Waals surface area (Å²) >= 11 is 0. The molecule has 0 amide bonds. The summed E-state index contributed by atoms with van der Waals surface area (Å²) in [5.41, 5.74) is 5.70. The van der Waals surface area contributed by atoms with E-state index in [0.717, 1.165) is 43.6 Å². The molecule has 2 aromatic carbocycles. The van der Waals surface area contributed by atoms with Gasteiger partial charge < -0.3 is 0 Å². The lowest BCUT2D eigenvalue weighted by Gasteiger charge is -2.21. The number of aromatic nitrogens is 4. The maximum Gasteiger partial charge on any atom is 0.239 e. The molecule has 2 heterocycles. The van der Waals surface area contributed by atoms with Crippen LogP contribution in [0.5, 0.6) is 0 Å². The average molecular weight is 727 g/mol. The van der Waals surface area contributed by atoms with Crippen LogP contribution in [0.15, 0.2) is 67.3 Å². The molecule has 2 aromatic heterocycles. The van der Waals surface area contributed by atoms with E-state index in [1.165, 1.54) is 38.4 Å². The predicted molar refractivity (Wildman–Crippen MR) is 198 cm³/mol. The van der Waals surface area contributed by atoms with Gasteiger partial charge >= 0.3 is 0 Å². The maximum absolute atomic E-state index is 13.3. The number of allylic oxidation sites excluding steroid dienone is 2. The van der Waals surface area contributed by atoms with E-state index >= 15 is 0 Å². The lowest BCUT2D eigenvalue weighted by Crippen LogP contribution is -2.27. The first-order valence-corrected chi connectivity index (χ1v) is 19.5. The molecule has 268 valence electrons. The van der Waals surface area contributed by atoms with E-state index in [0.29, 0.717) is 28.9 Å². The summed E-state index contributed by atoms with van der Waals surface area (Å²) in [4.78, 5) is 17.9. The van der Waals surface area contributed by atoms with Crippen LogP contribution in [0.3, 0.4) is 0 Å². The van der Waals surface area contributed by atoms with Gasteiger partial charge in [-0.05, 0) is 73.7 Å². The van der Waals surface area contributed by atoms with Crippen LogP contribution < -0.4 is 8.61 Å². The van der Waals surface area contributed by atoms with Gasteiger partial charge in [0.2, 0.25) is 31.9 Å². The highest BCUT2D eigenvalue weighted by molar-refractivity contribution is 7.92. The smallest absolute Gasteiger partial charge is 0.239 e. The van der Waals surface area contributed by atoms with Crippen molar-refractivity contribution in [3.8, 4) is 22.5 Å². The Hall–Kier alpha value is -4.56. The molecule has 0 aliphatic heterocycles. The molecule has 0 aliphatic rings. The van der Waals surface area contributed by atoms with Gasteiger partial charge in [0.15, 0.2) is 0 Å². The summed E-state index contributed by atoms with van der Waals surface area (Å²) in [6.07, 6.45) is 8.24. The minimum atomic E-state index is -3.50. The van der Waals surface area contributed by atoms with Gasteiger partial charge in [-0.3, -0.25) is 0 Å². The van der Waals surface area contributed by atoms with Gasteiger partial charge in [-0.1, -0.05) is 45.9 Å². The molecule has 0 fully saturated rings. The molecule has 10 nitrogen and oxygen atoms in total. The van der Waals surface area contributed by atoms with Crippen LogP contribution in [0.4, 0.5) is 20.7 Å². The van der Waals surface area contributed by atoms with E-state index in [1.807, 2.05) is 46.8 Å². The number of anilines is 2. The van der Waals surface area contributed by atoms with Gasteiger partial charge in [0.1, 0.15) is 11.6 Å². The van der Waals surface area contributed by atoms with E-state index in [1.54, 1.807) is 30.3 Å². The molecule has 0 N–H and O–H groups in total. The molecule has 0 spiro atoms. The number of hydrogen-bond acceptors (Lipinski definition) is 8.